The molecule has 1 heterocycles. The average Bonchev–Trinajstić information content (AvgIpc) is 2.94. The van der Waals surface area contributed by atoms with Gasteiger partial charge in [-0.25, -0.2) is 13.2 Å². The number of hydrogen-bond acceptors (Lipinski definition) is 4. The number of nitrogens with zero attached hydrogens (tertiary/aromatic N) is 1. The maximum atomic E-state index is 12.1. The van der Waals surface area contributed by atoms with Crippen molar-refractivity contribution in [2.75, 3.05) is 4.72 Å². The van der Waals surface area contributed by atoms with Crippen LogP contribution < -0.4 is 4.72 Å². The van der Waals surface area contributed by atoms with E-state index in [1.807, 2.05) is 0 Å². The van der Waals surface area contributed by atoms with Gasteiger partial charge in [-0.3, -0.25) is 9.82 Å². The molecule has 0 saturated carbocycles. The van der Waals surface area contributed by atoms with Crippen molar-refractivity contribution in [3.05, 3.63) is 47.8 Å². The smallest absolute Gasteiger partial charge is 0.328 e. The first-order valence-electron chi connectivity index (χ1n) is 5.92. The number of hydrogen-bond donors (Lipinski definition) is 3. The molecule has 0 fully saturated rings. The number of benzene rings is 1. The van der Waals surface area contributed by atoms with Crippen LogP contribution in [-0.2, 0) is 14.8 Å². The van der Waals surface area contributed by atoms with Gasteiger partial charge in [0.15, 0.2) is 0 Å². The van der Waals surface area contributed by atoms with E-state index in [2.05, 4.69) is 14.9 Å². The van der Waals surface area contributed by atoms with Gasteiger partial charge in [-0.1, -0.05) is 12.1 Å². The second kappa shape index (κ2) is 5.80. The standard InChI is InChI=1S/C13H13N3O4S/c1-9-2-3-10(4-5-13(17)18)6-12(9)16-21(19,20)11-7-14-15-8-11/h2-8,16H,1H3,(H,14,15)(H,17,18). The summed E-state index contributed by atoms with van der Waals surface area (Å²) in [6.07, 6.45) is 4.84. The SMILES string of the molecule is Cc1ccc(C=CC(=O)O)cc1NS(=O)(=O)c1cn[nH]c1. The molecule has 110 valence electrons. The minimum Gasteiger partial charge on any atom is -0.478 e. The normalized spacial score (nSPS) is 11.7. The molecule has 1 aromatic carbocycles. The predicted octanol–water partition coefficient (Wildman–Crippen LogP) is 1.62. The summed E-state index contributed by atoms with van der Waals surface area (Å²) in [5.41, 5.74) is 1.67. The fourth-order valence-corrected chi connectivity index (χ4v) is 2.64. The lowest BCUT2D eigenvalue weighted by molar-refractivity contribution is -0.131. The molecule has 3 N–H and O–H groups in total. The Morgan fingerprint density at radius 2 is 2.19 bits per heavy atom. The highest BCUT2D eigenvalue weighted by Crippen LogP contribution is 2.21. The molecule has 0 aliphatic heterocycles. The van der Waals surface area contributed by atoms with Gasteiger partial charge < -0.3 is 5.11 Å². The molecule has 0 radical (unpaired) electrons. The minimum atomic E-state index is -3.72. The molecule has 0 saturated heterocycles. The number of sulfonamides is 1. The van der Waals surface area contributed by atoms with Gasteiger partial charge in [0, 0.05) is 12.3 Å². The van der Waals surface area contributed by atoms with E-state index < -0.39 is 16.0 Å². The van der Waals surface area contributed by atoms with E-state index in [1.54, 1.807) is 25.1 Å². The number of aliphatic carboxylic acids is 1. The maximum Gasteiger partial charge on any atom is 0.328 e. The molecule has 0 atom stereocenters. The zero-order valence-electron chi connectivity index (χ0n) is 11.1. The van der Waals surface area contributed by atoms with Crippen LogP contribution in [0.5, 0.6) is 0 Å². The van der Waals surface area contributed by atoms with Crippen molar-refractivity contribution in [3.8, 4) is 0 Å². The van der Waals surface area contributed by atoms with Crippen LogP contribution >= 0.6 is 0 Å². The molecule has 2 aromatic rings. The van der Waals surface area contributed by atoms with Gasteiger partial charge in [0.1, 0.15) is 4.90 Å². The van der Waals surface area contributed by atoms with E-state index in [0.717, 1.165) is 11.6 Å². The van der Waals surface area contributed by atoms with Crippen molar-refractivity contribution in [3.63, 3.8) is 0 Å². The zero-order valence-corrected chi connectivity index (χ0v) is 11.9. The Balaban J connectivity index is 2.32. The summed E-state index contributed by atoms with van der Waals surface area (Å²) in [4.78, 5) is 10.5. The molecule has 0 aliphatic carbocycles. The van der Waals surface area contributed by atoms with Crippen molar-refractivity contribution < 1.29 is 18.3 Å². The molecule has 8 heteroatoms. The first-order chi connectivity index (χ1) is 9.88. The number of rotatable bonds is 5. The van der Waals surface area contributed by atoms with Crippen molar-refractivity contribution in [2.24, 2.45) is 0 Å². The van der Waals surface area contributed by atoms with Crippen LogP contribution in [0.2, 0.25) is 0 Å². The summed E-state index contributed by atoms with van der Waals surface area (Å²) in [6, 6.07) is 4.96. The second-order valence-corrected chi connectivity index (χ2v) is 5.97. The molecule has 0 amide bonds. The highest BCUT2D eigenvalue weighted by molar-refractivity contribution is 7.92. The fourth-order valence-electron chi connectivity index (χ4n) is 1.61. The van der Waals surface area contributed by atoms with Crippen LogP contribution in [-0.4, -0.2) is 29.7 Å². The largest absolute Gasteiger partial charge is 0.478 e. The van der Waals surface area contributed by atoms with E-state index >= 15 is 0 Å². The molecule has 0 spiro atoms. The molecular weight excluding hydrogens is 294 g/mol. The van der Waals surface area contributed by atoms with Crippen LogP contribution in [0.15, 0.2) is 41.6 Å². The van der Waals surface area contributed by atoms with Crippen LogP contribution in [0.25, 0.3) is 6.08 Å². The van der Waals surface area contributed by atoms with Gasteiger partial charge in [-0.2, -0.15) is 5.10 Å². The Hall–Kier alpha value is -2.61. The fraction of sp³-hybridized carbons (Fsp3) is 0.0769. The Labute approximate surface area is 121 Å². The molecular formula is C13H13N3O4S. The van der Waals surface area contributed by atoms with Crippen LogP contribution in [0.1, 0.15) is 11.1 Å². The topological polar surface area (TPSA) is 112 Å². The van der Waals surface area contributed by atoms with Gasteiger partial charge in [0.05, 0.1) is 11.9 Å². The molecule has 2 rings (SSSR count). The zero-order chi connectivity index (χ0) is 15.5. The van der Waals surface area contributed by atoms with Crippen molar-refractivity contribution in [2.45, 2.75) is 11.8 Å². The molecule has 1 aromatic heterocycles. The number of H-pyrrole nitrogens is 1. The summed E-state index contributed by atoms with van der Waals surface area (Å²) in [6.45, 7) is 1.75. The van der Waals surface area contributed by atoms with E-state index in [4.69, 9.17) is 5.11 Å². The highest BCUT2D eigenvalue weighted by Gasteiger charge is 2.16. The van der Waals surface area contributed by atoms with Gasteiger partial charge in [0.25, 0.3) is 10.0 Å². The Bertz CT molecular complexity index is 780. The molecule has 0 aliphatic rings. The molecule has 21 heavy (non-hydrogen) atoms. The molecule has 7 nitrogen and oxygen atoms in total. The number of aryl methyl sites for hydroxylation is 1. The first kappa shape index (κ1) is 14.8. The van der Waals surface area contributed by atoms with Gasteiger partial charge >= 0.3 is 5.97 Å². The maximum absolute atomic E-state index is 12.1. The number of aromatic amines is 1. The minimum absolute atomic E-state index is 0.0216. The number of aromatic nitrogens is 2. The van der Waals surface area contributed by atoms with Crippen molar-refractivity contribution in [1.29, 1.82) is 0 Å². The van der Waals surface area contributed by atoms with Crippen LogP contribution in [0.4, 0.5) is 5.69 Å². The third-order valence-corrected chi connectivity index (χ3v) is 4.04. The number of carbonyl (C=O) groups is 1. The summed E-state index contributed by atoms with van der Waals surface area (Å²) in [7, 11) is -3.72. The van der Waals surface area contributed by atoms with Gasteiger partial charge in [0.2, 0.25) is 0 Å². The number of carboxylic acids is 1. The van der Waals surface area contributed by atoms with E-state index in [9.17, 15) is 13.2 Å². The third kappa shape index (κ3) is 3.69. The molecule has 0 bridgehead atoms. The van der Waals surface area contributed by atoms with E-state index in [0.29, 0.717) is 11.3 Å². The van der Waals surface area contributed by atoms with Gasteiger partial charge in [-0.05, 0) is 30.2 Å². The monoisotopic (exact) mass is 307 g/mol. The number of carboxylic acid groups (broad SMARTS) is 1. The number of nitrogens with one attached hydrogen (secondary N) is 2. The Kier molecular flexibility index (Phi) is 4.08. The summed E-state index contributed by atoms with van der Waals surface area (Å²) in [5.74, 6) is -1.07. The lowest BCUT2D eigenvalue weighted by atomic mass is 10.1. The Morgan fingerprint density at radius 1 is 1.43 bits per heavy atom. The van der Waals surface area contributed by atoms with Gasteiger partial charge in [-0.15, -0.1) is 0 Å². The quantitative estimate of drug-likeness (QED) is 0.727. The summed E-state index contributed by atoms with van der Waals surface area (Å²) in [5, 5.41) is 14.6. The summed E-state index contributed by atoms with van der Waals surface area (Å²) < 4.78 is 26.7. The van der Waals surface area contributed by atoms with Crippen molar-refractivity contribution in [1.82, 2.24) is 10.2 Å². The number of anilines is 1. The van der Waals surface area contributed by atoms with Crippen LogP contribution in [0, 0.1) is 6.92 Å². The average molecular weight is 307 g/mol. The highest BCUT2D eigenvalue weighted by atomic mass is 32.2. The summed E-state index contributed by atoms with van der Waals surface area (Å²) >= 11 is 0. The van der Waals surface area contributed by atoms with E-state index in [1.165, 1.54) is 18.5 Å². The molecule has 0 unspecified atom stereocenters. The lowest BCUT2D eigenvalue weighted by Gasteiger charge is -2.10. The Morgan fingerprint density at radius 3 is 2.81 bits per heavy atom. The third-order valence-electron chi connectivity index (χ3n) is 2.71. The lowest BCUT2D eigenvalue weighted by Crippen LogP contribution is -2.13. The first-order valence-corrected chi connectivity index (χ1v) is 7.40. The van der Waals surface area contributed by atoms with Crippen LogP contribution in [0.3, 0.4) is 0 Å². The van der Waals surface area contributed by atoms with Crippen molar-refractivity contribution >= 4 is 27.8 Å². The van der Waals surface area contributed by atoms with E-state index in [-0.39, 0.29) is 4.90 Å². The second-order valence-electron chi connectivity index (χ2n) is 4.29. The predicted molar refractivity (Wildman–Crippen MR) is 77.2 cm³/mol.